The van der Waals surface area contributed by atoms with Crippen LogP contribution in [0.3, 0.4) is 0 Å². The highest BCUT2D eigenvalue weighted by atomic mass is 35.5. The van der Waals surface area contributed by atoms with Crippen molar-refractivity contribution in [1.29, 1.82) is 0 Å². The van der Waals surface area contributed by atoms with Crippen molar-refractivity contribution < 1.29 is 23.9 Å². The van der Waals surface area contributed by atoms with Crippen LogP contribution in [-0.2, 0) is 19.1 Å². The number of Topliss-reactive ketones (excluding diaryl/α,β-unsaturated/α-hetero) is 2. The molecule has 1 aromatic carbocycles. The van der Waals surface area contributed by atoms with Crippen molar-refractivity contribution in [3.8, 4) is 0 Å². The lowest BCUT2D eigenvalue weighted by molar-refractivity contribution is -0.155. The number of anilines is 2. The zero-order valence-electron chi connectivity index (χ0n) is 15.3. The molecule has 148 valence electrons. The molecule has 1 heterocycles. The molecule has 0 fully saturated rings. The Bertz CT molecular complexity index is 896. The summed E-state index contributed by atoms with van der Waals surface area (Å²) >= 11 is 5.78. The zero-order chi connectivity index (χ0) is 20.8. The van der Waals surface area contributed by atoms with E-state index in [1.807, 2.05) is 0 Å². The number of nitrogens with zero attached hydrogens (tertiary/aromatic N) is 2. The molecule has 2 aromatic rings. The molecule has 2 amide bonds. The summed E-state index contributed by atoms with van der Waals surface area (Å²) < 4.78 is 4.33. The van der Waals surface area contributed by atoms with E-state index in [1.54, 1.807) is 24.3 Å². The van der Waals surface area contributed by atoms with E-state index >= 15 is 0 Å². The number of nitrogens with one attached hydrogen (secondary N) is 3. The predicted molar refractivity (Wildman–Crippen MR) is 100 cm³/mol. The van der Waals surface area contributed by atoms with Crippen molar-refractivity contribution in [3.05, 3.63) is 35.1 Å². The number of rotatable bonds is 7. The van der Waals surface area contributed by atoms with Crippen LogP contribution in [0.5, 0.6) is 0 Å². The lowest BCUT2D eigenvalue weighted by Crippen LogP contribution is -2.31. The van der Waals surface area contributed by atoms with Crippen molar-refractivity contribution in [1.82, 2.24) is 15.2 Å². The number of aromatic nitrogens is 3. The van der Waals surface area contributed by atoms with Crippen LogP contribution in [-0.4, -0.2) is 45.9 Å². The normalized spacial score (nSPS) is 12.6. The van der Waals surface area contributed by atoms with Crippen molar-refractivity contribution in [3.63, 3.8) is 0 Å². The maximum Gasteiger partial charge on any atom is 0.375 e. The topological polar surface area (TPSA) is 143 Å². The quantitative estimate of drug-likeness (QED) is 0.362. The number of halogens is 1. The number of aromatic amines is 1. The number of esters is 1. The Balaban J connectivity index is 1.99. The molecule has 0 aliphatic rings. The summed E-state index contributed by atoms with van der Waals surface area (Å²) in [7, 11) is 1.06. The van der Waals surface area contributed by atoms with Gasteiger partial charge in [0.1, 0.15) is 5.82 Å². The highest BCUT2D eigenvalue weighted by Crippen LogP contribution is 2.19. The summed E-state index contributed by atoms with van der Waals surface area (Å²) in [5, 5.41) is 11.8. The largest absolute Gasteiger partial charge is 0.463 e. The number of ketones is 2. The van der Waals surface area contributed by atoms with Crippen molar-refractivity contribution in [2.45, 2.75) is 19.8 Å². The molecule has 0 aliphatic heterocycles. The molecule has 2 rings (SSSR count). The van der Waals surface area contributed by atoms with E-state index in [-0.39, 0.29) is 11.8 Å². The van der Waals surface area contributed by atoms with Gasteiger partial charge in [-0.05, 0) is 38.1 Å². The summed E-state index contributed by atoms with van der Waals surface area (Å²) in [6.07, 6.45) is 0. The summed E-state index contributed by atoms with van der Waals surface area (Å²) in [5.41, 5.74) is 0.511. The van der Waals surface area contributed by atoms with Crippen LogP contribution in [0.1, 0.15) is 25.6 Å². The van der Waals surface area contributed by atoms with Crippen LogP contribution in [0.15, 0.2) is 24.3 Å². The molecule has 0 unspecified atom stereocenters. The smallest absolute Gasteiger partial charge is 0.375 e. The minimum atomic E-state index is -1.20. The van der Waals surface area contributed by atoms with Gasteiger partial charge in [-0.1, -0.05) is 11.6 Å². The van der Waals surface area contributed by atoms with E-state index < -0.39 is 35.4 Å². The first-order valence-corrected chi connectivity index (χ1v) is 8.52. The van der Waals surface area contributed by atoms with Gasteiger partial charge in [0.05, 0.1) is 18.9 Å². The molecular formula is C17H18ClN5O5. The summed E-state index contributed by atoms with van der Waals surface area (Å²) in [6.45, 7) is 2.81. The Morgan fingerprint density at radius 3 is 2.36 bits per heavy atom. The van der Waals surface area contributed by atoms with Crippen LogP contribution in [0.2, 0.25) is 5.02 Å². The van der Waals surface area contributed by atoms with Crippen LogP contribution in [0.25, 0.3) is 0 Å². The fourth-order valence-corrected chi connectivity index (χ4v) is 2.36. The second-order valence-corrected chi connectivity index (χ2v) is 6.27. The molecule has 0 spiro atoms. The number of hydrogen-bond donors (Lipinski definition) is 3. The first kappa shape index (κ1) is 21.0. The molecule has 28 heavy (non-hydrogen) atoms. The standard InChI is InChI=1S/C17H18ClN5O5/c1-8(13(25)15(26)28-3)12(24)9(2)14-20-16(23-22-14)21-17(27)19-11-6-4-10(18)5-7-11/h4-9H,1-3H3,(H3,19,20,21,22,23,27)/t8-,9-/m0/s1. The molecule has 3 N–H and O–H groups in total. The van der Waals surface area contributed by atoms with Gasteiger partial charge in [0.25, 0.3) is 0 Å². The monoisotopic (exact) mass is 407 g/mol. The van der Waals surface area contributed by atoms with Crippen LogP contribution in [0, 0.1) is 5.92 Å². The first-order chi connectivity index (χ1) is 13.2. The van der Waals surface area contributed by atoms with Crippen LogP contribution >= 0.6 is 11.6 Å². The number of amides is 2. The number of benzene rings is 1. The lowest BCUT2D eigenvalue weighted by atomic mass is 9.91. The van der Waals surface area contributed by atoms with Crippen LogP contribution < -0.4 is 10.6 Å². The van der Waals surface area contributed by atoms with Gasteiger partial charge in [0, 0.05) is 10.7 Å². The van der Waals surface area contributed by atoms with E-state index in [1.165, 1.54) is 13.8 Å². The Morgan fingerprint density at radius 2 is 1.75 bits per heavy atom. The molecule has 10 nitrogen and oxygen atoms in total. The minimum absolute atomic E-state index is 0.0620. The number of H-pyrrole nitrogens is 1. The molecular weight excluding hydrogens is 390 g/mol. The Morgan fingerprint density at radius 1 is 1.11 bits per heavy atom. The molecule has 0 bridgehead atoms. The maximum absolute atomic E-state index is 12.4. The van der Waals surface area contributed by atoms with Gasteiger partial charge in [-0.25, -0.2) is 9.59 Å². The van der Waals surface area contributed by atoms with Gasteiger partial charge in [-0.2, -0.15) is 4.98 Å². The highest BCUT2D eigenvalue weighted by molar-refractivity contribution is 6.38. The first-order valence-electron chi connectivity index (χ1n) is 8.14. The van der Waals surface area contributed by atoms with E-state index in [0.717, 1.165) is 7.11 Å². The Labute approximate surface area is 165 Å². The van der Waals surface area contributed by atoms with E-state index in [0.29, 0.717) is 10.7 Å². The van der Waals surface area contributed by atoms with E-state index in [2.05, 4.69) is 30.6 Å². The number of carbonyl (C=O) groups is 4. The Hall–Kier alpha value is -3.27. The van der Waals surface area contributed by atoms with Crippen molar-refractivity contribution >= 4 is 46.8 Å². The predicted octanol–water partition coefficient (Wildman–Crippen LogP) is 2.15. The molecule has 0 aliphatic carbocycles. The Kier molecular flexibility index (Phi) is 6.83. The minimum Gasteiger partial charge on any atom is -0.463 e. The van der Waals surface area contributed by atoms with E-state index in [9.17, 15) is 19.2 Å². The molecule has 0 radical (unpaired) electrons. The number of methoxy groups -OCH3 is 1. The third kappa shape index (κ3) is 5.13. The van der Waals surface area contributed by atoms with Crippen LogP contribution in [0.4, 0.5) is 16.4 Å². The van der Waals surface area contributed by atoms with Gasteiger partial charge in [0.15, 0.2) is 5.78 Å². The lowest BCUT2D eigenvalue weighted by Gasteiger charge is -2.12. The summed E-state index contributed by atoms with van der Waals surface area (Å²) in [5.74, 6) is -4.55. The fraction of sp³-hybridized carbons (Fsp3) is 0.294. The number of ether oxygens (including phenoxy) is 1. The van der Waals surface area contributed by atoms with Gasteiger partial charge in [0.2, 0.25) is 11.7 Å². The van der Waals surface area contributed by atoms with Crippen molar-refractivity contribution in [2.75, 3.05) is 17.7 Å². The second kappa shape index (κ2) is 9.09. The SMILES string of the molecule is COC(=O)C(=O)[C@@H](C)C(=O)[C@H](C)c1nc(NC(=O)Nc2ccc(Cl)cc2)n[nH]1. The average Bonchev–Trinajstić information content (AvgIpc) is 3.14. The number of carbonyl (C=O) groups excluding carboxylic acids is 4. The van der Waals surface area contributed by atoms with Gasteiger partial charge >= 0.3 is 12.0 Å². The van der Waals surface area contributed by atoms with Crippen molar-refractivity contribution in [2.24, 2.45) is 5.92 Å². The summed E-state index contributed by atoms with van der Waals surface area (Å²) in [4.78, 5) is 51.4. The maximum atomic E-state index is 12.4. The van der Waals surface area contributed by atoms with E-state index in [4.69, 9.17) is 11.6 Å². The summed E-state index contributed by atoms with van der Waals surface area (Å²) in [6, 6.07) is 5.87. The third-order valence-corrected chi connectivity index (χ3v) is 4.13. The zero-order valence-corrected chi connectivity index (χ0v) is 16.0. The average molecular weight is 408 g/mol. The van der Waals surface area contributed by atoms with Gasteiger partial charge < -0.3 is 10.1 Å². The fourth-order valence-electron chi connectivity index (χ4n) is 2.24. The van der Waals surface area contributed by atoms with Gasteiger partial charge in [-0.15, -0.1) is 5.10 Å². The molecule has 0 saturated carbocycles. The third-order valence-electron chi connectivity index (χ3n) is 3.87. The molecule has 2 atom stereocenters. The number of hydrogen-bond acceptors (Lipinski definition) is 7. The second-order valence-electron chi connectivity index (χ2n) is 5.83. The molecule has 1 aromatic heterocycles. The molecule has 11 heteroatoms. The number of urea groups is 1. The highest BCUT2D eigenvalue weighted by Gasteiger charge is 2.33. The van der Waals surface area contributed by atoms with Gasteiger partial charge in [-0.3, -0.25) is 20.0 Å². The molecule has 0 saturated heterocycles.